The van der Waals surface area contributed by atoms with Crippen LogP contribution in [0.4, 0.5) is 0 Å². The first-order valence-electron chi connectivity index (χ1n) is 8.51. The minimum absolute atomic E-state index is 0.108. The lowest BCUT2D eigenvalue weighted by Crippen LogP contribution is -2.37. The van der Waals surface area contributed by atoms with Crippen molar-refractivity contribution >= 4 is 44.1 Å². The van der Waals surface area contributed by atoms with Crippen molar-refractivity contribution in [1.29, 1.82) is 0 Å². The van der Waals surface area contributed by atoms with Crippen LogP contribution in [0.3, 0.4) is 0 Å². The predicted molar refractivity (Wildman–Crippen MR) is 100 cm³/mol. The first-order chi connectivity index (χ1) is 13.1. The van der Waals surface area contributed by atoms with Crippen molar-refractivity contribution in [2.45, 2.75) is 13.0 Å². The topological polar surface area (TPSA) is 83.7 Å². The summed E-state index contributed by atoms with van der Waals surface area (Å²) < 4.78 is 7.11. The molecule has 0 aliphatic carbocycles. The number of nitrogens with zero attached hydrogens (tertiary/aromatic N) is 2. The van der Waals surface area contributed by atoms with Crippen molar-refractivity contribution in [3.63, 3.8) is 0 Å². The molecule has 5 rings (SSSR count). The standard InChI is InChI=1S/C21H14N2O4/c1-11(21(25)26)27-12-6-7-17-16(10-12)14-8-9-22-18-13-4-2-3-5-15(13)20(24)23(17)19(14)18/h2-11H,1H3,(H,25,26)/p-1/t11-/m1/s1. The van der Waals surface area contributed by atoms with E-state index in [1.807, 2.05) is 24.3 Å². The van der Waals surface area contributed by atoms with Gasteiger partial charge < -0.3 is 14.6 Å². The number of carboxylic acids is 1. The van der Waals surface area contributed by atoms with Crippen LogP contribution in [0.25, 0.3) is 38.1 Å². The lowest BCUT2D eigenvalue weighted by atomic mass is 10.1. The predicted octanol–water partition coefficient (Wildman–Crippen LogP) is 2.11. The number of hydrogen-bond donors (Lipinski definition) is 0. The number of benzene rings is 2. The highest BCUT2D eigenvalue weighted by Crippen LogP contribution is 2.34. The van der Waals surface area contributed by atoms with E-state index in [4.69, 9.17) is 4.74 Å². The number of carboxylic acid groups (broad SMARTS) is 1. The highest BCUT2D eigenvalue weighted by Gasteiger charge is 2.18. The number of aliphatic carboxylic acids is 1. The van der Waals surface area contributed by atoms with Gasteiger partial charge in [0.1, 0.15) is 11.9 Å². The number of carbonyl (C=O) groups excluding carboxylic acids is 1. The highest BCUT2D eigenvalue weighted by atomic mass is 16.5. The van der Waals surface area contributed by atoms with Crippen LogP contribution >= 0.6 is 0 Å². The van der Waals surface area contributed by atoms with E-state index in [-0.39, 0.29) is 5.56 Å². The Morgan fingerprint density at radius 3 is 2.63 bits per heavy atom. The molecule has 1 atom stereocenters. The molecule has 0 radical (unpaired) electrons. The molecule has 0 fully saturated rings. The third-order valence-corrected chi connectivity index (χ3v) is 4.91. The van der Waals surface area contributed by atoms with Gasteiger partial charge in [0.2, 0.25) is 0 Å². The Morgan fingerprint density at radius 2 is 1.85 bits per heavy atom. The second kappa shape index (κ2) is 5.41. The molecular formula is C21H13N2O4-. The van der Waals surface area contributed by atoms with Gasteiger partial charge >= 0.3 is 0 Å². The van der Waals surface area contributed by atoms with E-state index in [0.29, 0.717) is 11.1 Å². The van der Waals surface area contributed by atoms with E-state index < -0.39 is 12.1 Å². The van der Waals surface area contributed by atoms with E-state index in [1.54, 1.807) is 34.9 Å². The Hall–Kier alpha value is -3.67. The van der Waals surface area contributed by atoms with E-state index in [1.165, 1.54) is 6.92 Å². The molecule has 0 bridgehead atoms. The molecule has 0 aliphatic rings. The molecular weight excluding hydrogens is 344 g/mol. The van der Waals surface area contributed by atoms with Gasteiger partial charge in [-0.15, -0.1) is 0 Å². The number of rotatable bonds is 3. The quantitative estimate of drug-likeness (QED) is 0.462. The Labute approximate surface area is 152 Å². The molecule has 5 aromatic rings. The lowest BCUT2D eigenvalue weighted by Gasteiger charge is -2.15. The Morgan fingerprint density at radius 1 is 1.07 bits per heavy atom. The van der Waals surface area contributed by atoms with E-state index in [2.05, 4.69) is 4.98 Å². The summed E-state index contributed by atoms with van der Waals surface area (Å²) in [4.78, 5) is 28.6. The average molecular weight is 357 g/mol. The largest absolute Gasteiger partial charge is 0.546 e. The van der Waals surface area contributed by atoms with Crippen LogP contribution in [0.1, 0.15) is 6.92 Å². The number of carbonyl (C=O) groups is 1. The highest BCUT2D eigenvalue weighted by molar-refractivity contribution is 6.18. The maximum absolute atomic E-state index is 13.1. The third-order valence-electron chi connectivity index (χ3n) is 4.91. The Kier molecular flexibility index (Phi) is 3.12. The van der Waals surface area contributed by atoms with Crippen LogP contribution in [-0.4, -0.2) is 21.5 Å². The van der Waals surface area contributed by atoms with Crippen molar-refractivity contribution in [1.82, 2.24) is 9.38 Å². The van der Waals surface area contributed by atoms with Crippen molar-refractivity contribution < 1.29 is 14.6 Å². The van der Waals surface area contributed by atoms with Crippen LogP contribution in [0.2, 0.25) is 0 Å². The molecule has 0 unspecified atom stereocenters. The summed E-state index contributed by atoms with van der Waals surface area (Å²) in [5.74, 6) is -0.881. The first kappa shape index (κ1) is 15.6. The summed E-state index contributed by atoms with van der Waals surface area (Å²) in [5.41, 5.74) is 2.13. The summed E-state index contributed by atoms with van der Waals surface area (Å²) in [5, 5.41) is 14.0. The van der Waals surface area contributed by atoms with Gasteiger partial charge in [-0.3, -0.25) is 14.2 Å². The zero-order valence-electron chi connectivity index (χ0n) is 14.3. The maximum atomic E-state index is 13.1. The smallest absolute Gasteiger partial charge is 0.263 e. The monoisotopic (exact) mass is 357 g/mol. The van der Waals surface area contributed by atoms with Gasteiger partial charge in [0, 0.05) is 27.7 Å². The van der Waals surface area contributed by atoms with Crippen LogP contribution in [0, 0.1) is 0 Å². The summed E-state index contributed by atoms with van der Waals surface area (Å²) in [7, 11) is 0. The molecule has 2 aromatic carbocycles. The average Bonchev–Trinajstić information content (AvgIpc) is 3.01. The van der Waals surface area contributed by atoms with Crippen molar-refractivity contribution in [2.24, 2.45) is 0 Å². The summed E-state index contributed by atoms with van der Waals surface area (Å²) in [6, 6.07) is 14.4. The van der Waals surface area contributed by atoms with Crippen LogP contribution in [0.5, 0.6) is 5.75 Å². The number of fused-ring (bicyclic) bond motifs is 5. The molecule has 0 saturated carbocycles. The molecule has 0 aliphatic heterocycles. The Balaban J connectivity index is 1.92. The molecule has 6 nitrogen and oxygen atoms in total. The van der Waals surface area contributed by atoms with Crippen LogP contribution in [-0.2, 0) is 4.79 Å². The maximum Gasteiger partial charge on any atom is 0.263 e. The molecule has 0 N–H and O–H groups in total. The first-order valence-corrected chi connectivity index (χ1v) is 8.51. The van der Waals surface area contributed by atoms with Crippen molar-refractivity contribution in [3.8, 4) is 5.75 Å². The van der Waals surface area contributed by atoms with Gasteiger partial charge in [-0.05, 0) is 37.3 Å². The van der Waals surface area contributed by atoms with E-state index in [9.17, 15) is 14.7 Å². The lowest BCUT2D eigenvalue weighted by molar-refractivity contribution is -0.312. The molecule has 6 heteroatoms. The van der Waals surface area contributed by atoms with E-state index >= 15 is 0 Å². The number of pyridine rings is 2. The summed E-state index contributed by atoms with van der Waals surface area (Å²) >= 11 is 0. The van der Waals surface area contributed by atoms with Crippen LogP contribution in [0.15, 0.2) is 59.5 Å². The fourth-order valence-corrected chi connectivity index (χ4v) is 3.67. The van der Waals surface area contributed by atoms with Gasteiger partial charge in [-0.1, -0.05) is 18.2 Å². The van der Waals surface area contributed by atoms with Gasteiger partial charge in [-0.2, -0.15) is 0 Å². The fourth-order valence-electron chi connectivity index (χ4n) is 3.67. The molecule has 3 aromatic heterocycles. The molecule has 132 valence electrons. The van der Waals surface area contributed by atoms with Gasteiger partial charge in [-0.25, -0.2) is 0 Å². The third kappa shape index (κ3) is 2.10. The summed E-state index contributed by atoms with van der Waals surface area (Å²) in [6.45, 7) is 1.42. The fraction of sp³-hybridized carbons (Fsp3) is 0.0952. The molecule has 3 heterocycles. The minimum Gasteiger partial charge on any atom is -0.546 e. The van der Waals surface area contributed by atoms with Gasteiger partial charge in [0.05, 0.1) is 22.5 Å². The summed E-state index contributed by atoms with van der Waals surface area (Å²) in [6.07, 6.45) is 0.639. The SMILES string of the molecule is C[C@@H](Oc1ccc2c(c1)c1ccnc3c4ccccc4c(=O)n2c13)C(=O)[O-]. The molecule has 0 amide bonds. The zero-order valence-corrected chi connectivity index (χ0v) is 14.3. The second-order valence-corrected chi connectivity index (χ2v) is 6.50. The molecule has 27 heavy (non-hydrogen) atoms. The number of hydrogen-bond acceptors (Lipinski definition) is 5. The zero-order chi connectivity index (χ0) is 18.7. The van der Waals surface area contributed by atoms with Crippen molar-refractivity contribution in [3.05, 3.63) is 65.1 Å². The van der Waals surface area contributed by atoms with Gasteiger partial charge in [0.15, 0.2) is 0 Å². The minimum atomic E-state index is -1.28. The van der Waals surface area contributed by atoms with Crippen LogP contribution < -0.4 is 15.4 Å². The number of ether oxygens (including phenoxy) is 1. The second-order valence-electron chi connectivity index (χ2n) is 6.50. The molecule has 0 saturated heterocycles. The van der Waals surface area contributed by atoms with E-state index in [0.717, 1.165) is 32.7 Å². The van der Waals surface area contributed by atoms with Crippen molar-refractivity contribution in [2.75, 3.05) is 0 Å². The Bertz CT molecular complexity index is 1420. The number of aromatic nitrogens is 2. The molecule has 0 spiro atoms. The van der Waals surface area contributed by atoms with Gasteiger partial charge in [0.25, 0.3) is 5.56 Å². The normalized spacial score (nSPS) is 12.9.